The van der Waals surface area contributed by atoms with Crippen LogP contribution in [0.15, 0.2) is 29.2 Å². The van der Waals surface area contributed by atoms with Crippen molar-refractivity contribution in [1.82, 2.24) is 4.90 Å². The Hall–Kier alpha value is -1.00. The molecule has 0 saturated carbocycles. The van der Waals surface area contributed by atoms with Gasteiger partial charge in [0, 0.05) is 23.2 Å². The van der Waals surface area contributed by atoms with Crippen molar-refractivity contribution in [2.24, 2.45) is 11.3 Å². The number of fused-ring (bicyclic) bond motifs is 1. The van der Waals surface area contributed by atoms with Crippen molar-refractivity contribution in [2.75, 3.05) is 19.6 Å². The first-order chi connectivity index (χ1) is 10.0. The maximum Gasteiger partial charge on any atom is 0.311 e. The molecule has 1 saturated heterocycles. The van der Waals surface area contributed by atoms with Gasteiger partial charge in [0.1, 0.15) is 0 Å². The van der Waals surface area contributed by atoms with Gasteiger partial charge in [-0.15, -0.1) is 11.8 Å². The number of hydrogen-bond donors (Lipinski definition) is 1. The number of carbonyl (C=O) groups is 1. The zero-order chi connectivity index (χ0) is 15.0. The second kappa shape index (κ2) is 5.65. The smallest absolute Gasteiger partial charge is 0.311 e. The number of likely N-dealkylation sites (tertiary alicyclic amines) is 1. The van der Waals surface area contributed by atoms with E-state index >= 15 is 0 Å². The number of thioether (sulfide) groups is 1. The van der Waals surface area contributed by atoms with E-state index in [9.17, 15) is 9.90 Å². The van der Waals surface area contributed by atoms with Crippen molar-refractivity contribution in [2.45, 2.75) is 36.8 Å². The number of benzene rings is 1. The predicted molar refractivity (Wildman–Crippen MR) is 85.8 cm³/mol. The van der Waals surface area contributed by atoms with E-state index in [0.29, 0.717) is 11.8 Å². The van der Waals surface area contributed by atoms with Gasteiger partial charge in [0.05, 0.1) is 5.41 Å². The number of hydrogen-bond acceptors (Lipinski definition) is 3. The summed E-state index contributed by atoms with van der Waals surface area (Å²) in [5.74, 6) is -0.434. The van der Waals surface area contributed by atoms with E-state index in [2.05, 4.69) is 29.2 Å². The van der Waals surface area contributed by atoms with E-state index in [0.717, 1.165) is 25.9 Å². The molecule has 0 amide bonds. The van der Waals surface area contributed by atoms with E-state index in [-0.39, 0.29) is 5.92 Å². The Morgan fingerprint density at radius 1 is 1.48 bits per heavy atom. The van der Waals surface area contributed by atoms with Crippen LogP contribution in [0.5, 0.6) is 0 Å². The van der Waals surface area contributed by atoms with Gasteiger partial charge in [0.15, 0.2) is 0 Å². The molecule has 1 aromatic rings. The van der Waals surface area contributed by atoms with E-state index in [1.165, 1.54) is 10.5 Å². The summed E-state index contributed by atoms with van der Waals surface area (Å²) < 4.78 is 0. The highest BCUT2D eigenvalue weighted by Crippen LogP contribution is 2.41. The molecular weight excluding hydrogens is 282 g/mol. The van der Waals surface area contributed by atoms with Gasteiger partial charge in [-0.05, 0) is 36.9 Å². The Labute approximate surface area is 130 Å². The molecule has 3 rings (SSSR count). The number of rotatable bonds is 4. The first-order valence-electron chi connectivity index (χ1n) is 7.71. The summed E-state index contributed by atoms with van der Waals surface area (Å²) in [5.41, 5.74) is 0.899. The number of carboxylic acid groups (broad SMARTS) is 1. The minimum absolute atomic E-state index is 0.188. The Bertz CT molecular complexity index is 520. The lowest BCUT2D eigenvalue weighted by molar-refractivity contribution is -0.151. The van der Waals surface area contributed by atoms with Gasteiger partial charge in [0.25, 0.3) is 0 Å². The fourth-order valence-corrected chi connectivity index (χ4v) is 4.97. The van der Waals surface area contributed by atoms with Crippen LogP contribution >= 0.6 is 11.8 Å². The highest BCUT2D eigenvalue weighted by molar-refractivity contribution is 8.00. The van der Waals surface area contributed by atoms with Gasteiger partial charge < -0.3 is 10.0 Å². The fraction of sp³-hybridized carbons (Fsp3) is 0.588. The van der Waals surface area contributed by atoms with Gasteiger partial charge in [0.2, 0.25) is 0 Å². The summed E-state index contributed by atoms with van der Waals surface area (Å²) >= 11 is 1.95. The summed E-state index contributed by atoms with van der Waals surface area (Å²) in [4.78, 5) is 15.5. The summed E-state index contributed by atoms with van der Waals surface area (Å²) in [6.45, 7) is 6.70. The molecule has 0 spiro atoms. The van der Waals surface area contributed by atoms with E-state index in [4.69, 9.17) is 0 Å². The van der Waals surface area contributed by atoms with Crippen molar-refractivity contribution in [3.8, 4) is 0 Å². The second-order valence-corrected chi connectivity index (χ2v) is 8.00. The Kier molecular flexibility index (Phi) is 4.02. The molecule has 2 atom stereocenters. The third-order valence-corrected chi connectivity index (χ3v) is 6.39. The number of aliphatic carboxylic acids is 1. The lowest BCUT2D eigenvalue weighted by atomic mass is 9.76. The van der Waals surface area contributed by atoms with Gasteiger partial charge in [-0.25, -0.2) is 0 Å². The molecule has 1 aromatic carbocycles. The van der Waals surface area contributed by atoms with Crippen molar-refractivity contribution >= 4 is 17.7 Å². The Morgan fingerprint density at radius 2 is 2.24 bits per heavy atom. The number of carboxylic acids is 1. The molecule has 1 N–H and O–H groups in total. The average Bonchev–Trinajstić information content (AvgIpc) is 3.02. The third-order valence-electron chi connectivity index (χ3n) is 5.09. The lowest BCUT2D eigenvalue weighted by Gasteiger charge is -2.29. The normalized spacial score (nSPS) is 29.0. The van der Waals surface area contributed by atoms with Crippen LogP contribution in [0.2, 0.25) is 0 Å². The largest absolute Gasteiger partial charge is 0.481 e. The van der Waals surface area contributed by atoms with Gasteiger partial charge >= 0.3 is 5.97 Å². The van der Waals surface area contributed by atoms with Gasteiger partial charge in [-0.1, -0.05) is 32.0 Å². The monoisotopic (exact) mass is 305 g/mol. The van der Waals surface area contributed by atoms with Crippen molar-refractivity contribution < 1.29 is 9.90 Å². The molecule has 0 radical (unpaired) electrons. The van der Waals surface area contributed by atoms with E-state index in [1.54, 1.807) is 0 Å². The SMILES string of the molecule is CC(C)C1(C(=O)O)CCN(CC2Cc3ccccc3S2)C1. The van der Waals surface area contributed by atoms with Crippen LogP contribution in [0.4, 0.5) is 0 Å². The Balaban J connectivity index is 1.63. The standard InChI is InChI=1S/C17H23NO2S/c1-12(2)17(16(19)20)7-8-18(11-17)10-14-9-13-5-3-4-6-15(13)21-14/h3-6,12,14H,7-11H2,1-2H3,(H,19,20). The molecule has 2 unspecified atom stereocenters. The molecule has 2 aliphatic rings. The molecule has 1 fully saturated rings. The molecule has 2 aliphatic heterocycles. The van der Waals surface area contributed by atoms with E-state index < -0.39 is 11.4 Å². The van der Waals surface area contributed by atoms with E-state index in [1.807, 2.05) is 25.6 Å². The van der Waals surface area contributed by atoms with Crippen molar-refractivity contribution in [3.63, 3.8) is 0 Å². The average molecular weight is 305 g/mol. The van der Waals surface area contributed by atoms with Crippen LogP contribution in [-0.4, -0.2) is 40.9 Å². The van der Waals surface area contributed by atoms with Crippen LogP contribution in [0.1, 0.15) is 25.8 Å². The maximum atomic E-state index is 11.7. The molecule has 3 nitrogen and oxygen atoms in total. The molecule has 0 bridgehead atoms. The van der Waals surface area contributed by atoms with Crippen LogP contribution < -0.4 is 0 Å². The lowest BCUT2D eigenvalue weighted by Crippen LogP contribution is -2.40. The maximum absolute atomic E-state index is 11.7. The summed E-state index contributed by atoms with van der Waals surface area (Å²) in [5, 5.41) is 10.2. The summed E-state index contributed by atoms with van der Waals surface area (Å²) in [7, 11) is 0. The molecular formula is C17H23NO2S. The number of nitrogens with zero attached hydrogens (tertiary/aromatic N) is 1. The molecule has 0 aromatic heterocycles. The van der Waals surface area contributed by atoms with Crippen LogP contribution in [0.3, 0.4) is 0 Å². The summed E-state index contributed by atoms with van der Waals surface area (Å²) in [6.07, 6.45) is 1.89. The van der Waals surface area contributed by atoms with Crippen LogP contribution in [-0.2, 0) is 11.2 Å². The third kappa shape index (κ3) is 2.71. The highest BCUT2D eigenvalue weighted by atomic mass is 32.2. The molecule has 4 heteroatoms. The minimum atomic E-state index is -0.623. The Morgan fingerprint density at radius 3 is 2.86 bits per heavy atom. The molecule has 0 aliphatic carbocycles. The fourth-order valence-electron chi connectivity index (χ4n) is 3.61. The van der Waals surface area contributed by atoms with Crippen molar-refractivity contribution in [1.29, 1.82) is 0 Å². The quantitative estimate of drug-likeness (QED) is 0.928. The zero-order valence-corrected chi connectivity index (χ0v) is 13.5. The molecule has 21 heavy (non-hydrogen) atoms. The summed E-state index contributed by atoms with van der Waals surface area (Å²) in [6, 6.07) is 8.60. The highest BCUT2D eigenvalue weighted by Gasteiger charge is 2.47. The molecule has 2 heterocycles. The molecule has 114 valence electrons. The van der Waals surface area contributed by atoms with Crippen LogP contribution in [0, 0.1) is 11.3 Å². The first-order valence-corrected chi connectivity index (χ1v) is 8.59. The van der Waals surface area contributed by atoms with Gasteiger partial charge in [-0.3, -0.25) is 4.79 Å². The minimum Gasteiger partial charge on any atom is -0.481 e. The topological polar surface area (TPSA) is 40.5 Å². The predicted octanol–water partition coefficient (Wildman–Crippen LogP) is 3.14. The van der Waals surface area contributed by atoms with Crippen molar-refractivity contribution in [3.05, 3.63) is 29.8 Å². The second-order valence-electron chi connectivity index (χ2n) is 6.65. The zero-order valence-electron chi connectivity index (χ0n) is 12.7. The van der Waals surface area contributed by atoms with Gasteiger partial charge in [-0.2, -0.15) is 0 Å². The van der Waals surface area contributed by atoms with Crippen LogP contribution in [0.25, 0.3) is 0 Å². The first kappa shape index (κ1) is 14.9.